The van der Waals surface area contributed by atoms with Gasteiger partial charge < -0.3 is 9.84 Å². The maximum atomic E-state index is 11.0. The molecule has 0 aromatic rings. The Morgan fingerprint density at radius 2 is 1.92 bits per heavy atom. The second-order valence-electron chi connectivity index (χ2n) is 3.84. The molecule has 0 aliphatic heterocycles. The normalized spacial score (nSPS) is 41.0. The van der Waals surface area contributed by atoms with Gasteiger partial charge in [-0.05, 0) is 12.8 Å². The number of rotatable bonds is 2. The summed E-state index contributed by atoms with van der Waals surface area (Å²) in [6.07, 6.45) is 2.82. The lowest BCUT2D eigenvalue weighted by Gasteiger charge is -2.15. The Labute approximate surface area is 75.9 Å². The summed E-state index contributed by atoms with van der Waals surface area (Å²) in [4.78, 5) is 21.7. The smallest absolute Gasteiger partial charge is 0.348 e. The van der Waals surface area contributed by atoms with Gasteiger partial charge in [-0.15, -0.1) is 0 Å². The molecular weight excluding hydrogens is 172 g/mol. The van der Waals surface area contributed by atoms with Crippen molar-refractivity contribution in [2.75, 3.05) is 0 Å². The fourth-order valence-corrected chi connectivity index (χ4v) is 2.65. The number of aliphatic carboxylic acids is 1. The topological polar surface area (TPSA) is 63.6 Å². The Bertz CT molecular complexity index is 261. The molecule has 1 N–H and O–H groups in total. The first-order valence-corrected chi connectivity index (χ1v) is 4.52. The van der Waals surface area contributed by atoms with Gasteiger partial charge in [-0.2, -0.15) is 0 Å². The van der Waals surface area contributed by atoms with Crippen LogP contribution in [-0.2, 0) is 14.3 Å². The molecule has 4 nitrogen and oxygen atoms in total. The highest BCUT2D eigenvalue weighted by Crippen LogP contribution is 2.62. The Morgan fingerprint density at radius 1 is 1.38 bits per heavy atom. The summed E-state index contributed by atoms with van der Waals surface area (Å²) in [5, 5.41) is 8.98. The first-order chi connectivity index (χ1) is 6.09. The molecule has 4 heteroatoms. The van der Waals surface area contributed by atoms with E-state index in [0.29, 0.717) is 0 Å². The van der Waals surface area contributed by atoms with Gasteiger partial charge in [0.25, 0.3) is 0 Å². The molecule has 13 heavy (non-hydrogen) atoms. The number of carboxylic acids is 1. The average Bonchev–Trinajstić information content (AvgIpc) is 2.44. The quantitative estimate of drug-likeness (QED) is 0.645. The molecule has 2 rings (SSSR count). The van der Waals surface area contributed by atoms with E-state index in [4.69, 9.17) is 9.84 Å². The predicted octanol–water partition coefficient (Wildman–Crippen LogP) is 0.803. The second-order valence-corrected chi connectivity index (χ2v) is 3.84. The minimum absolute atomic E-state index is 0.0777. The van der Waals surface area contributed by atoms with Crippen molar-refractivity contribution in [1.82, 2.24) is 0 Å². The summed E-state index contributed by atoms with van der Waals surface area (Å²) in [5.74, 6) is -1.31. The molecule has 72 valence electrons. The van der Waals surface area contributed by atoms with Gasteiger partial charge >= 0.3 is 11.9 Å². The molecule has 1 unspecified atom stereocenters. The molecular formula is C9H12O4. The van der Waals surface area contributed by atoms with Gasteiger partial charge in [0.15, 0.2) is 0 Å². The zero-order chi connectivity index (χ0) is 9.64. The molecule has 0 radical (unpaired) electrons. The summed E-state index contributed by atoms with van der Waals surface area (Å²) < 4.78 is 4.94. The van der Waals surface area contributed by atoms with E-state index in [9.17, 15) is 9.59 Å². The summed E-state index contributed by atoms with van der Waals surface area (Å²) in [6.45, 7) is 1.26. The molecule has 2 aliphatic carbocycles. The minimum atomic E-state index is -1.15. The number of fused-ring (bicyclic) bond motifs is 1. The van der Waals surface area contributed by atoms with Crippen LogP contribution in [0.4, 0.5) is 0 Å². The van der Waals surface area contributed by atoms with Crippen LogP contribution in [0.3, 0.4) is 0 Å². The van der Waals surface area contributed by atoms with Crippen LogP contribution in [0.25, 0.3) is 0 Å². The molecule has 2 aliphatic rings. The molecule has 2 saturated carbocycles. The molecule has 2 fully saturated rings. The highest BCUT2D eigenvalue weighted by atomic mass is 16.6. The number of hydrogen-bond donors (Lipinski definition) is 1. The van der Waals surface area contributed by atoms with Gasteiger partial charge in [0, 0.05) is 18.8 Å². The monoisotopic (exact) mass is 184 g/mol. The number of ether oxygens (including phenoxy) is 1. The minimum Gasteiger partial charge on any atom is -0.478 e. The zero-order valence-electron chi connectivity index (χ0n) is 7.45. The second kappa shape index (κ2) is 2.47. The van der Waals surface area contributed by atoms with E-state index >= 15 is 0 Å². The van der Waals surface area contributed by atoms with Gasteiger partial charge in [-0.3, -0.25) is 4.79 Å². The number of carboxylic acid groups (broad SMARTS) is 1. The van der Waals surface area contributed by atoms with Gasteiger partial charge in [0.1, 0.15) is 0 Å². The zero-order valence-corrected chi connectivity index (χ0v) is 7.45. The van der Waals surface area contributed by atoms with Gasteiger partial charge in [0.05, 0.1) is 0 Å². The van der Waals surface area contributed by atoms with Crippen molar-refractivity contribution < 1.29 is 19.4 Å². The summed E-state index contributed by atoms with van der Waals surface area (Å²) in [6, 6.07) is 0. The Hall–Kier alpha value is -1.06. The molecule has 0 spiro atoms. The van der Waals surface area contributed by atoms with E-state index in [2.05, 4.69) is 0 Å². The van der Waals surface area contributed by atoms with E-state index in [1.165, 1.54) is 6.92 Å². The fraction of sp³-hybridized carbons (Fsp3) is 0.778. The van der Waals surface area contributed by atoms with Crippen LogP contribution in [-0.4, -0.2) is 22.6 Å². The molecule has 0 amide bonds. The Morgan fingerprint density at radius 3 is 2.31 bits per heavy atom. The van der Waals surface area contributed by atoms with E-state index in [0.717, 1.165) is 19.3 Å². The van der Waals surface area contributed by atoms with Crippen molar-refractivity contribution in [3.63, 3.8) is 0 Å². The van der Waals surface area contributed by atoms with Crippen LogP contribution in [0.5, 0.6) is 0 Å². The van der Waals surface area contributed by atoms with Crippen molar-refractivity contribution in [3.8, 4) is 0 Å². The fourth-order valence-electron chi connectivity index (χ4n) is 2.65. The Balaban J connectivity index is 2.16. The molecule has 0 bridgehead atoms. The van der Waals surface area contributed by atoms with Crippen LogP contribution >= 0.6 is 0 Å². The lowest BCUT2D eigenvalue weighted by atomic mass is 10.1. The average molecular weight is 184 g/mol. The maximum Gasteiger partial charge on any atom is 0.348 e. The third-order valence-corrected chi connectivity index (χ3v) is 3.16. The number of hydrogen-bond acceptors (Lipinski definition) is 3. The molecule has 0 saturated heterocycles. The standard InChI is InChI=1S/C9H12O4/c1-5(10)13-9(8(11)12)6-3-2-4-7(6)9/h6-7H,2-4H2,1H3,(H,11,12)/t6-,7+,9?. The van der Waals surface area contributed by atoms with Crippen molar-refractivity contribution in [3.05, 3.63) is 0 Å². The summed E-state index contributed by atoms with van der Waals surface area (Å²) >= 11 is 0. The number of carbonyl (C=O) groups excluding carboxylic acids is 1. The maximum absolute atomic E-state index is 11.0. The van der Waals surface area contributed by atoms with Crippen LogP contribution < -0.4 is 0 Å². The van der Waals surface area contributed by atoms with E-state index in [-0.39, 0.29) is 11.8 Å². The lowest BCUT2D eigenvalue weighted by Crippen LogP contribution is -2.33. The van der Waals surface area contributed by atoms with Crippen molar-refractivity contribution in [2.24, 2.45) is 11.8 Å². The SMILES string of the molecule is CC(=O)OC1(C(=O)O)[C@@H]2CCC[C@@H]21. The van der Waals surface area contributed by atoms with E-state index in [1.54, 1.807) is 0 Å². The van der Waals surface area contributed by atoms with Gasteiger partial charge in [0.2, 0.25) is 5.60 Å². The highest BCUT2D eigenvalue weighted by Gasteiger charge is 2.74. The number of esters is 1. The first-order valence-electron chi connectivity index (χ1n) is 4.52. The van der Waals surface area contributed by atoms with Gasteiger partial charge in [-0.25, -0.2) is 4.79 Å². The van der Waals surface area contributed by atoms with E-state index in [1.807, 2.05) is 0 Å². The number of carbonyl (C=O) groups is 2. The molecule has 0 heterocycles. The van der Waals surface area contributed by atoms with Crippen LogP contribution in [0.15, 0.2) is 0 Å². The third kappa shape index (κ3) is 0.975. The van der Waals surface area contributed by atoms with Crippen molar-refractivity contribution >= 4 is 11.9 Å². The largest absolute Gasteiger partial charge is 0.478 e. The van der Waals surface area contributed by atoms with Crippen LogP contribution in [0, 0.1) is 11.8 Å². The van der Waals surface area contributed by atoms with Crippen LogP contribution in [0.1, 0.15) is 26.2 Å². The predicted molar refractivity (Wildman–Crippen MR) is 43.0 cm³/mol. The highest BCUT2D eigenvalue weighted by molar-refractivity contribution is 5.86. The molecule has 0 aromatic heterocycles. The summed E-state index contributed by atoms with van der Waals surface area (Å²) in [7, 11) is 0. The Kier molecular flexibility index (Phi) is 1.62. The van der Waals surface area contributed by atoms with Crippen molar-refractivity contribution in [2.45, 2.75) is 31.8 Å². The third-order valence-electron chi connectivity index (χ3n) is 3.16. The van der Waals surface area contributed by atoms with Crippen LogP contribution in [0.2, 0.25) is 0 Å². The van der Waals surface area contributed by atoms with E-state index < -0.39 is 17.5 Å². The van der Waals surface area contributed by atoms with Crippen molar-refractivity contribution in [1.29, 1.82) is 0 Å². The molecule has 3 atom stereocenters. The first kappa shape index (κ1) is 8.53. The molecule has 0 aromatic carbocycles. The lowest BCUT2D eigenvalue weighted by molar-refractivity contribution is -0.169. The summed E-state index contributed by atoms with van der Waals surface area (Å²) in [5.41, 5.74) is -1.15. The van der Waals surface area contributed by atoms with Gasteiger partial charge in [-0.1, -0.05) is 6.42 Å².